The van der Waals surface area contributed by atoms with Gasteiger partial charge in [-0.25, -0.2) is 8.42 Å². The Balaban J connectivity index is 1.74. The van der Waals surface area contributed by atoms with Crippen molar-refractivity contribution in [3.05, 3.63) is 53.9 Å². The maximum atomic E-state index is 12.8. The first-order valence-corrected chi connectivity index (χ1v) is 10.1. The molecule has 0 bridgehead atoms. The molecule has 138 valence electrons. The summed E-state index contributed by atoms with van der Waals surface area (Å²) in [5.41, 5.74) is 2.91. The molecule has 0 saturated carbocycles. The lowest BCUT2D eigenvalue weighted by molar-refractivity contribution is -0.120. The molecule has 2 heterocycles. The van der Waals surface area contributed by atoms with E-state index in [2.05, 4.69) is 10.3 Å². The summed E-state index contributed by atoms with van der Waals surface area (Å²) in [4.78, 5) is 16.7. The highest BCUT2D eigenvalue weighted by Gasteiger charge is 2.33. The van der Waals surface area contributed by atoms with Crippen LogP contribution in [0.3, 0.4) is 0 Å². The van der Waals surface area contributed by atoms with Crippen molar-refractivity contribution in [1.82, 2.24) is 9.29 Å². The number of carbonyl (C=O) groups is 1. The molecule has 0 aliphatic carbocycles. The van der Waals surface area contributed by atoms with Crippen molar-refractivity contribution >= 4 is 21.6 Å². The number of aromatic nitrogens is 1. The molecule has 7 heteroatoms. The van der Waals surface area contributed by atoms with Crippen LogP contribution in [0.1, 0.15) is 24.0 Å². The molecular formula is C19H23N3O3S. The van der Waals surface area contributed by atoms with Crippen molar-refractivity contribution in [3.63, 3.8) is 0 Å². The topological polar surface area (TPSA) is 79.4 Å². The zero-order valence-electron chi connectivity index (χ0n) is 15.0. The maximum absolute atomic E-state index is 12.8. The van der Waals surface area contributed by atoms with Crippen LogP contribution >= 0.6 is 0 Å². The molecule has 1 atom stereocenters. The lowest BCUT2D eigenvalue weighted by Gasteiger charge is -2.31. The van der Waals surface area contributed by atoms with Crippen molar-refractivity contribution < 1.29 is 13.2 Å². The molecule has 26 heavy (non-hydrogen) atoms. The monoisotopic (exact) mass is 373 g/mol. The van der Waals surface area contributed by atoms with E-state index in [1.54, 1.807) is 6.07 Å². The minimum atomic E-state index is -3.63. The van der Waals surface area contributed by atoms with Crippen LogP contribution in [0.5, 0.6) is 0 Å². The van der Waals surface area contributed by atoms with E-state index in [9.17, 15) is 13.2 Å². The third-order valence-corrected chi connectivity index (χ3v) is 6.74. The summed E-state index contributed by atoms with van der Waals surface area (Å²) in [6.07, 6.45) is 4.21. The average molecular weight is 373 g/mol. The van der Waals surface area contributed by atoms with E-state index in [1.807, 2.05) is 32.0 Å². The fraction of sp³-hybridized carbons (Fsp3) is 0.368. The van der Waals surface area contributed by atoms with Gasteiger partial charge >= 0.3 is 0 Å². The molecule has 3 rings (SSSR count). The molecule has 1 aliphatic rings. The predicted octanol–water partition coefficient (Wildman–Crippen LogP) is 2.74. The Morgan fingerprint density at radius 2 is 2.04 bits per heavy atom. The van der Waals surface area contributed by atoms with Crippen molar-refractivity contribution in [3.8, 4) is 0 Å². The van der Waals surface area contributed by atoms with Gasteiger partial charge in [0, 0.05) is 31.2 Å². The van der Waals surface area contributed by atoms with E-state index in [4.69, 9.17) is 0 Å². The predicted molar refractivity (Wildman–Crippen MR) is 100 cm³/mol. The first-order chi connectivity index (χ1) is 12.4. The molecule has 6 nitrogen and oxygen atoms in total. The number of benzene rings is 1. The second-order valence-electron chi connectivity index (χ2n) is 6.63. The Hall–Kier alpha value is -2.25. The van der Waals surface area contributed by atoms with Crippen LogP contribution in [-0.4, -0.2) is 36.7 Å². The third-order valence-electron chi connectivity index (χ3n) is 4.89. The van der Waals surface area contributed by atoms with E-state index in [-0.39, 0.29) is 23.3 Å². The molecule has 1 aliphatic heterocycles. The van der Waals surface area contributed by atoms with Gasteiger partial charge in [0.05, 0.1) is 5.92 Å². The number of piperidine rings is 1. The number of sulfonamides is 1. The Labute approximate surface area is 154 Å². The molecule has 0 radical (unpaired) electrons. The number of nitrogens with zero attached hydrogens (tertiary/aromatic N) is 2. The Kier molecular flexibility index (Phi) is 5.38. The van der Waals surface area contributed by atoms with Crippen molar-refractivity contribution in [2.75, 3.05) is 18.4 Å². The van der Waals surface area contributed by atoms with Gasteiger partial charge in [0.15, 0.2) is 0 Å². The molecule has 1 aromatic heterocycles. The number of carbonyl (C=O) groups excluding carboxylic acids is 1. The van der Waals surface area contributed by atoms with Crippen molar-refractivity contribution in [2.24, 2.45) is 5.92 Å². The van der Waals surface area contributed by atoms with E-state index >= 15 is 0 Å². The first kappa shape index (κ1) is 18.5. The molecular weight excluding hydrogens is 350 g/mol. The van der Waals surface area contributed by atoms with Gasteiger partial charge in [-0.05, 0) is 56.0 Å². The summed E-state index contributed by atoms with van der Waals surface area (Å²) >= 11 is 0. The van der Waals surface area contributed by atoms with Gasteiger partial charge < -0.3 is 5.32 Å². The van der Waals surface area contributed by atoms with Gasteiger partial charge in [-0.15, -0.1) is 0 Å². The number of pyridine rings is 1. The quantitative estimate of drug-likeness (QED) is 0.894. The molecule has 1 amide bonds. The van der Waals surface area contributed by atoms with Crippen LogP contribution in [0.25, 0.3) is 0 Å². The highest BCUT2D eigenvalue weighted by molar-refractivity contribution is 7.89. The number of aryl methyl sites for hydroxylation is 1. The van der Waals surface area contributed by atoms with Crippen LogP contribution in [-0.2, 0) is 14.8 Å². The Bertz CT molecular complexity index is 898. The second-order valence-corrected chi connectivity index (χ2v) is 8.57. The summed E-state index contributed by atoms with van der Waals surface area (Å²) in [6.45, 7) is 4.57. The van der Waals surface area contributed by atoms with E-state index < -0.39 is 10.0 Å². The fourth-order valence-corrected chi connectivity index (χ4v) is 4.63. The minimum Gasteiger partial charge on any atom is -0.326 e. The summed E-state index contributed by atoms with van der Waals surface area (Å²) in [5, 5.41) is 2.96. The molecule has 1 saturated heterocycles. The third kappa shape index (κ3) is 3.78. The van der Waals surface area contributed by atoms with Gasteiger partial charge in [0.25, 0.3) is 0 Å². The lowest BCUT2D eigenvalue weighted by atomic mass is 9.98. The molecule has 1 N–H and O–H groups in total. The summed E-state index contributed by atoms with van der Waals surface area (Å²) in [5.74, 6) is -0.500. The normalized spacial score (nSPS) is 18.5. The average Bonchev–Trinajstić information content (AvgIpc) is 2.66. The number of amides is 1. The smallest absolute Gasteiger partial charge is 0.244 e. The number of hydrogen-bond acceptors (Lipinski definition) is 4. The van der Waals surface area contributed by atoms with Gasteiger partial charge in [0.1, 0.15) is 4.90 Å². The van der Waals surface area contributed by atoms with Crippen LogP contribution in [0.2, 0.25) is 0 Å². The van der Waals surface area contributed by atoms with E-state index in [0.29, 0.717) is 19.4 Å². The van der Waals surface area contributed by atoms with Crippen LogP contribution in [0.15, 0.2) is 47.6 Å². The number of hydrogen-bond donors (Lipinski definition) is 1. The number of rotatable bonds is 4. The van der Waals surface area contributed by atoms with Gasteiger partial charge in [0.2, 0.25) is 15.9 Å². The maximum Gasteiger partial charge on any atom is 0.244 e. The fourth-order valence-electron chi connectivity index (χ4n) is 3.14. The Morgan fingerprint density at radius 3 is 2.77 bits per heavy atom. The number of anilines is 1. The summed E-state index contributed by atoms with van der Waals surface area (Å²) in [7, 11) is -3.63. The highest BCUT2D eigenvalue weighted by Crippen LogP contribution is 2.25. The van der Waals surface area contributed by atoms with Gasteiger partial charge in [-0.1, -0.05) is 12.1 Å². The first-order valence-electron chi connectivity index (χ1n) is 8.67. The zero-order valence-corrected chi connectivity index (χ0v) is 15.8. The van der Waals surface area contributed by atoms with Crippen LogP contribution < -0.4 is 5.32 Å². The Morgan fingerprint density at radius 1 is 1.23 bits per heavy atom. The molecule has 1 fully saturated rings. The van der Waals surface area contributed by atoms with E-state index in [1.165, 1.54) is 22.8 Å². The lowest BCUT2D eigenvalue weighted by Crippen LogP contribution is -2.43. The molecule has 2 aromatic rings. The van der Waals surface area contributed by atoms with Crippen LogP contribution in [0, 0.1) is 19.8 Å². The zero-order chi connectivity index (χ0) is 18.7. The van der Waals surface area contributed by atoms with E-state index in [0.717, 1.165) is 16.8 Å². The molecule has 0 spiro atoms. The van der Waals surface area contributed by atoms with Gasteiger partial charge in [-0.2, -0.15) is 4.31 Å². The standard InChI is InChI=1S/C19H23N3O3S/c1-14-6-3-9-18(15(14)2)21-19(23)16-7-5-11-22(13-16)26(24,25)17-8-4-10-20-12-17/h3-4,6,8-10,12,16H,5,7,11,13H2,1-2H3,(H,21,23)/t16-/m0/s1. The molecule has 0 unspecified atom stereocenters. The highest BCUT2D eigenvalue weighted by atomic mass is 32.2. The van der Waals surface area contributed by atoms with Crippen molar-refractivity contribution in [2.45, 2.75) is 31.6 Å². The summed E-state index contributed by atoms with van der Waals surface area (Å²) in [6, 6.07) is 8.89. The second kappa shape index (κ2) is 7.55. The van der Waals surface area contributed by atoms with Crippen molar-refractivity contribution in [1.29, 1.82) is 0 Å². The van der Waals surface area contributed by atoms with Crippen LogP contribution in [0.4, 0.5) is 5.69 Å². The minimum absolute atomic E-state index is 0.134. The summed E-state index contributed by atoms with van der Waals surface area (Å²) < 4.78 is 26.9. The number of nitrogens with one attached hydrogen (secondary N) is 1. The molecule has 1 aromatic carbocycles. The van der Waals surface area contributed by atoms with Gasteiger partial charge in [-0.3, -0.25) is 9.78 Å². The SMILES string of the molecule is Cc1cccc(NC(=O)[C@H]2CCCN(S(=O)(=O)c3cccnc3)C2)c1C. The largest absolute Gasteiger partial charge is 0.326 e.